The van der Waals surface area contributed by atoms with Crippen LogP contribution in [0.3, 0.4) is 0 Å². The number of ether oxygens (including phenoxy) is 2. The van der Waals surface area contributed by atoms with Crippen molar-refractivity contribution in [3.8, 4) is 16.9 Å². The van der Waals surface area contributed by atoms with Gasteiger partial charge in [-0.3, -0.25) is 4.68 Å². The second-order valence-corrected chi connectivity index (χ2v) is 5.03. The lowest BCUT2D eigenvalue weighted by molar-refractivity contribution is 0.0496. The van der Waals surface area contributed by atoms with E-state index in [1.54, 1.807) is 11.8 Å². The molecule has 1 saturated heterocycles. The average Bonchev–Trinajstić information content (AvgIpc) is 2.95. The Hall–Kier alpha value is -2.05. The summed E-state index contributed by atoms with van der Waals surface area (Å²) in [6.07, 6.45) is 3.86. The Bertz CT molecular complexity index is 605. The van der Waals surface area contributed by atoms with Crippen LogP contribution in [0, 0.1) is 0 Å². The van der Waals surface area contributed by atoms with Gasteiger partial charge in [0.1, 0.15) is 5.75 Å². The highest BCUT2D eigenvalue weighted by Crippen LogP contribution is 2.30. The molecule has 0 saturated carbocycles. The van der Waals surface area contributed by atoms with E-state index >= 15 is 0 Å². The Morgan fingerprint density at radius 3 is 2.71 bits per heavy atom. The molecular weight excluding hydrogens is 268 g/mol. The molecule has 0 unspecified atom stereocenters. The summed E-state index contributed by atoms with van der Waals surface area (Å²) in [5.41, 5.74) is 6.58. The molecule has 0 spiro atoms. The Labute approximate surface area is 124 Å². The quantitative estimate of drug-likeness (QED) is 0.929. The Kier molecular flexibility index (Phi) is 4.08. The molecule has 1 aromatic heterocycles. The number of aryl methyl sites for hydroxylation is 1. The van der Waals surface area contributed by atoms with E-state index in [4.69, 9.17) is 9.47 Å². The van der Waals surface area contributed by atoms with Gasteiger partial charge in [-0.05, 0) is 17.7 Å². The number of morpholine rings is 1. The molecule has 1 aromatic carbocycles. The molecule has 0 aliphatic carbocycles. The molecule has 2 aromatic rings. The molecule has 0 atom stereocenters. The first-order valence-corrected chi connectivity index (χ1v) is 7.02. The van der Waals surface area contributed by atoms with Crippen molar-refractivity contribution in [2.45, 2.75) is 0 Å². The number of rotatable bonds is 4. The zero-order chi connectivity index (χ0) is 14.7. The van der Waals surface area contributed by atoms with Crippen LogP contribution in [0.5, 0.6) is 5.75 Å². The largest absolute Gasteiger partial charge is 0.495 e. The van der Waals surface area contributed by atoms with Gasteiger partial charge >= 0.3 is 0 Å². The summed E-state index contributed by atoms with van der Waals surface area (Å²) in [6.45, 7) is 3.22. The average molecular weight is 288 g/mol. The summed E-state index contributed by atoms with van der Waals surface area (Å²) < 4.78 is 12.6. The van der Waals surface area contributed by atoms with Crippen molar-refractivity contribution in [3.05, 3.63) is 30.6 Å². The van der Waals surface area contributed by atoms with Crippen LogP contribution in [0.2, 0.25) is 0 Å². The molecule has 0 bridgehead atoms. The standard InChI is InChI=1S/C15H20N4O2/c1-18-11-13(10-16-18)12-3-4-15(20-2)14(9-12)17-19-5-7-21-8-6-19/h3-4,9-11,17H,5-8H2,1-2H3. The van der Waals surface area contributed by atoms with E-state index in [0.29, 0.717) is 0 Å². The minimum Gasteiger partial charge on any atom is -0.495 e. The fourth-order valence-corrected chi connectivity index (χ4v) is 2.39. The summed E-state index contributed by atoms with van der Waals surface area (Å²) in [5, 5.41) is 6.37. The van der Waals surface area contributed by atoms with Gasteiger partial charge in [0.25, 0.3) is 0 Å². The third-order valence-corrected chi connectivity index (χ3v) is 3.53. The molecule has 0 amide bonds. The summed E-state index contributed by atoms with van der Waals surface area (Å²) in [5.74, 6) is 0.828. The van der Waals surface area contributed by atoms with Gasteiger partial charge in [-0.2, -0.15) is 5.10 Å². The summed E-state index contributed by atoms with van der Waals surface area (Å²) >= 11 is 0. The van der Waals surface area contributed by atoms with Gasteiger partial charge in [0.2, 0.25) is 0 Å². The van der Waals surface area contributed by atoms with Crippen LogP contribution in [-0.4, -0.2) is 48.2 Å². The molecule has 6 nitrogen and oxygen atoms in total. The third kappa shape index (κ3) is 3.17. The SMILES string of the molecule is COc1ccc(-c2cnn(C)c2)cc1NN1CCOCC1. The molecular formula is C15H20N4O2. The Balaban J connectivity index is 1.86. The fraction of sp³-hybridized carbons (Fsp3) is 0.400. The monoisotopic (exact) mass is 288 g/mol. The smallest absolute Gasteiger partial charge is 0.143 e. The van der Waals surface area contributed by atoms with Crippen molar-refractivity contribution in [1.82, 2.24) is 14.8 Å². The molecule has 6 heteroatoms. The van der Waals surface area contributed by atoms with Crippen LogP contribution in [0.1, 0.15) is 0 Å². The minimum absolute atomic E-state index is 0.748. The van der Waals surface area contributed by atoms with Crippen LogP contribution in [0.25, 0.3) is 11.1 Å². The lowest BCUT2D eigenvalue weighted by atomic mass is 10.1. The van der Waals surface area contributed by atoms with Gasteiger partial charge < -0.3 is 14.9 Å². The molecule has 1 aliphatic rings. The first-order chi connectivity index (χ1) is 10.3. The number of aromatic nitrogens is 2. The number of anilines is 1. The van der Waals surface area contributed by atoms with Crippen LogP contribution in [0.4, 0.5) is 5.69 Å². The van der Waals surface area contributed by atoms with Gasteiger partial charge in [-0.15, -0.1) is 0 Å². The zero-order valence-electron chi connectivity index (χ0n) is 12.4. The Morgan fingerprint density at radius 2 is 2.05 bits per heavy atom. The van der Waals surface area contributed by atoms with Crippen molar-refractivity contribution in [3.63, 3.8) is 0 Å². The maximum Gasteiger partial charge on any atom is 0.143 e. The van der Waals surface area contributed by atoms with Gasteiger partial charge in [0, 0.05) is 31.9 Å². The fourth-order valence-electron chi connectivity index (χ4n) is 2.39. The van der Waals surface area contributed by atoms with Crippen LogP contribution in [0.15, 0.2) is 30.6 Å². The van der Waals surface area contributed by atoms with E-state index in [-0.39, 0.29) is 0 Å². The molecule has 2 heterocycles. The van der Waals surface area contributed by atoms with Crippen LogP contribution >= 0.6 is 0 Å². The summed E-state index contributed by atoms with van der Waals surface area (Å²) in [4.78, 5) is 0. The van der Waals surface area contributed by atoms with Crippen molar-refractivity contribution < 1.29 is 9.47 Å². The molecule has 112 valence electrons. The Morgan fingerprint density at radius 1 is 1.24 bits per heavy atom. The van der Waals surface area contributed by atoms with E-state index in [9.17, 15) is 0 Å². The normalized spacial score (nSPS) is 15.9. The number of hydrogen-bond acceptors (Lipinski definition) is 5. The van der Waals surface area contributed by atoms with E-state index in [2.05, 4.69) is 21.6 Å². The van der Waals surface area contributed by atoms with E-state index in [1.807, 2.05) is 31.6 Å². The van der Waals surface area contributed by atoms with Crippen LogP contribution in [-0.2, 0) is 11.8 Å². The lowest BCUT2D eigenvalue weighted by Crippen LogP contribution is -2.40. The van der Waals surface area contributed by atoms with E-state index in [0.717, 1.165) is 48.9 Å². The first kappa shape index (κ1) is 13.9. The van der Waals surface area contributed by atoms with Gasteiger partial charge in [-0.25, -0.2) is 5.01 Å². The van der Waals surface area contributed by atoms with Crippen molar-refractivity contribution in [1.29, 1.82) is 0 Å². The maximum atomic E-state index is 5.44. The molecule has 21 heavy (non-hydrogen) atoms. The molecule has 1 aliphatic heterocycles. The number of hydrazine groups is 1. The third-order valence-electron chi connectivity index (χ3n) is 3.53. The number of hydrogen-bond donors (Lipinski definition) is 1. The zero-order valence-corrected chi connectivity index (χ0v) is 12.4. The molecule has 1 fully saturated rings. The highest BCUT2D eigenvalue weighted by atomic mass is 16.5. The first-order valence-electron chi connectivity index (χ1n) is 7.02. The summed E-state index contributed by atoms with van der Waals surface area (Å²) in [6, 6.07) is 6.11. The number of methoxy groups -OCH3 is 1. The minimum atomic E-state index is 0.748. The highest BCUT2D eigenvalue weighted by molar-refractivity contribution is 5.71. The highest BCUT2D eigenvalue weighted by Gasteiger charge is 2.13. The van der Waals surface area contributed by atoms with E-state index < -0.39 is 0 Å². The van der Waals surface area contributed by atoms with Gasteiger partial charge in [-0.1, -0.05) is 6.07 Å². The number of nitrogens with one attached hydrogen (secondary N) is 1. The number of benzene rings is 1. The second kappa shape index (κ2) is 6.15. The topological polar surface area (TPSA) is 51.5 Å². The molecule has 1 N–H and O–H groups in total. The van der Waals surface area contributed by atoms with Crippen molar-refractivity contribution in [2.75, 3.05) is 38.8 Å². The second-order valence-electron chi connectivity index (χ2n) is 5.03. The van der Waals surface area contributed by atoms with Crippen molar-refractivity contribution in [2.24, 2.45) is 7.05 Å². The van der Waals surface area contributed by atoms with Crippen LogP contribution < -0.4 is 10.2 Å². The van der Waals surface area contributed by atoms with Gasteiger partial charge in [0.15, 0.2) is 0 Å². The predicted molar refractivity (Wildman–Crippen MR) is 81.2 cm³/mol. The van der Waals surface area contributed by atoms with Gasteiger partial charge in [0.05, 0.1) is 32.2 Å². The molecule has 0 radical (unpaired) electrons. The molecule has 3 rings (SSSR count). The number of nitrogens with zero attached hydrogens (tertiary/aromatic N) is 3. The van der Waals surface area contributed by atoms with E-state index in [1.165, 1.54) is 0 Å². The predicted octanol–water partition coefficient (Wildman–Crippen LogP) is 1.75. The summed E-state index contributed by atoms with van der Waals surface area (Å²) in [7, 11) is 3.60. The maximum absolute atomic E-state index is 5.44. The lowest BCUT2D eigenvalue weighted by Gasteiger charge is -2.28. The van der Waals surface area contributed by atoms with Crippen molar-refractivity contribution >= 4 is 5.69 Å².